The molecule has 0 N–H and O–H groups in total. The monoisotopic (exact) mass is 334 g/mol. The van der Waals surface area contributed by atoms with Crippen molar-refractivity contribution in [3.8, 4) is 0 Å². The predicted molar refractivity (Wildman–Crippen MR) is 105 cm³/mol. The molecule has 1 aromatic rings. The van der Waals surface area contributed by atoms with Crippen LogP contribution in [0.4, 0.5) is 0 Å². The average Bonchev–Trinajstić information content (AvgIpc) is 2.43. The summed E-state index contributed by atoms with van der Waals surface area (Å²) in [4.78, 5) is 0. The fourth-order valence-corrected chi connectivity index (χ4v) is 8.30. The molecular formula is C19H34OSi2. The second kappa shape index (κ2) is 6.85. The third-order valence-electron chi connectivity index (χ3n) is 5.26. The van der Waals surface area contributed by atoms with Crippen molar-refractivity contribution in [2.45, 2.75) is 71.6 Å². The van der Waals surface area contributed by atoms with Crippen LogP contribution in [0.5, 0.6) is 0 Å². The first-order chi connectivity index (χ1) is 9.93. The van der Waals surface area contributed by atoms with Crippen molar-refractivity contribution in [3.05, 3.63) is 42.0 Å². The molecule has 3 heteroatoms. The lowest BCUT2D eigenvalue weighted by Crippen LogP contribution is -2.59. The highest BCUT2D eigenvalue weighted by molar-refractivity contribution is 6.92. The van der Waals surface area contributed by atoms with Crippen LogP contribution >= 0.6 is 0 Å². The normalized spacial score (nSPS) is 15.8. The van der Waals surface area contributed by atoms with Crippen molar-refractivity contribution < 1.29 is 4.43 Å². The van der Waals surface area contributed by atoms with Crippen molar-refractivity contribution in [3.63, 3.8) is 0 Å². The molecule has 1 unspecified atom stereocenters. The van der Waals surface area contributed by atoms with E-state index in [0.29, 0.717) is 0 Å². The van der Waals surface area contributed by atoms with Gasteiger partial charge in [-0.1, -0.05) is 81.0 Å². The minimum Gasteiger partial charge on any atom is -0.413 e. The Morgan fingerprint density at radius 1 is 1.05 bits per heavy atom. The Balaban J connectivity index is 3.26. The van der Waals surface area contributed by atoms with Gasteiger partial charge in [0.2, 0.25) is 0 Å². The zero-order valence-electron chi connectivity index (χ0n) is 15.9. The van der Waals surface area contributed by atoms with E-state index in [1.807, 2.05) is 0 Å². The summed E-state index contributed by atoms with van der Waals surface area (Å²) in [6.45, 7) is 20.9. The van der Waals surface area contributed by atoms with Crippen LogP contribution in [-0.4, -0.2) is 22.1 Å². The van der Waals surface area contributed by atoms with E-state index in [0.717, 1.165) is 0 Å². The lowest BCUT2D eigenvalue weighted by atomic mass is 10.2. The van der Waals surface area contributed by atoms with Crippen LogP contribution in [0.15, 0.2) is 42.0 Å². The van der Waals surface area contributed by atoms with Gasteiger partial charge in [-0.25, -0.2) is 0 Å². The highest BCUT2D eigenvalue weighted by atomic mass is 28.4. The van der Waals surface area contributed by atoms with Gasteiger partial charge in [0.1, 0.15) is 8.07 Å². The van der Waals surface area contributed by atoms with Gasteiger partial charge in [-0.2, -0.15) is 0 Å². The summed E-state index contributed by atoms with van der Waals surface area (Å²) in [5.41, 5.74) is 1.63. The first kappa shape index (κ1) is 19.4. The number of allylic oxidation sites excluding steroid dienone is 1. The predicted octanol–water partition coefficient (Wildman–Crippen LogP) is 5.50. The van der Waals surface area contributed by atoms with E-state index in [2.05, 4.69) is 97.2 Å². The van der Waals surface area contributed by atoms with E-state index in [-0.39, 0.29) is 10.8 Å². The molecule has 0 saturated heterocycles. The van der Waals surface area contributed by atoms with Gasteiger partial charge in [-0.15, -0.1) is 0 Å². The lowest BCUT2D eigenvalue weighted by molar-refractivity contribution is 0.275. The number of hydrogen-bond donors (Lipinski definition) is 0. The summed E-state index contributed by atoms with van der Waals surface area (Å²) in [5, 5.41) is 1.71. The van der Waals surface area contributed by atoms with Crippen LogP contribution in [-0.2, 0) is 4.43 Å². The smallest absolute Gasteiger partial charge is 0.192 e. The van der Waals surface area contributed by atoms with Crippen LogP contribution < -0.4 is 5.19 Å². The van der Waals surface area contributed by atoms with Crippen LogP contribution in [0.25, 0.3) is 0 Å². The average molecular weight is 335 g/mol. The number of hydrogen-bond acceptors (Lipinski definition) is 1. The maximum atomic E-state index is 6.91. The van der Waals surface area contributed by atoms with Crippen molar-refractivity contribution in [2.75, 3.05) is 0 Å². The maximum absolute atomic E-state index is 6.91. The second-order valence-electron chi connectivity index (χ2n) is 8.38. The molecule has 0 heterocycles. The van der Waals surface area contributed by atoms with Crippen LogP contribution in [0.2, 0.25) is 31.2 Å². The van der Waals surface area contributed by atoms with Crippen molar-refractivity contribution in [1.29, 1.82) is 0 Å². The SMILES string of the molecule is C/C=C(\C)C(O[Si](C)(C)C(C)(C)C)[Si](C)(C)c1ccccc1. The molecule has 0 fully saturated rings. The van der Waals surface area contributed by atoms with Crippen LogP contribution in [0.3, 0.4) is 0 Å². The Morgan fingerprint density at radius 2 is 1.55 bits per heavy atom. The highest BCUT2D eigenvalue weighted by Gasteiger charge is 2.44. The van der Waals surface area contributed by atoms with Gasteiger partial charge in [0.15, 0.2) is 8.32 Å². The van der Waals surface area contributed by atoms with E-state index in [9.17, 15) is 0 Å². The molecule has 0 aliphatic rings. The second-order valence-corrected chi connectivity index (χ2v) is 17.7. The Bertz CT molecular complexity index is 510. The quantitative estimate of drug-likeness (QED) is 0.510. The van der Waals surface area contributed by atoms with Gasteiger partial charge in [-0.3, -0.25) is 0 Å². The first-order valence-electron chi connectivity index (χ1n) is 8.29. The van der Waals surface area contributed by atoms with E-state index >= 15 is 0 Å². The fraction of sp³-hybridized carbons (Fsp3) is 0.579. The van der Waals surface area contributed by atoms with E-state index in [1.165, 1.54) is 10.8 Å². The summed E-state index contributed by atoms with van der Waals surface area (Å²) in [5.74, 6) is 0. The summed E-state index contributed by atoms with van der Waals surface area (Å²) in [7, 11) is -3.53. The van der Waals surface area contributed by atoms with Gasteiger partial charge in [-0.05, 0) is 32.0 Å². The van der Waals surface area contributed by atoms with Crippen molar-refractivity contribution in [2.24, 2.45) is 0 Å². The van der Waals surface area contributed by atoms with Crippen LogP contribution in [0.1, 0.15) is 34.6 Å². The fourth-order valence-electron chi connectivity index (χ4n) is 2.45. The molecule has 0 saturated carbocycles. The van der Waals surface area contributed by atoms with Gasteiger partial charge >= 0.3 is 0 Å². The minimum atomic E-state index is -1.80. The summed E-state index contributed by atoms with van der Waals surface area (Å²) in [6.07, 6.45) is 2.23. The first-order valence-corrected chi connectivity index (χ1v) is 14.3. The standard InChI is InChI=1S/C19H34OSi2/c1-10-16(2)18(20-22(8,9)19(3,4)5)21(6,7)17-14-12-11-13-15-17/h10-15,18H,1-9H3/b16-10+. The van der Waals surface area contributed by atoms with Gasteiger partial charge < -0.3 is 4.43 Å². The molecular weight excluding hydrogens is 300 g/mol. The molecule has 22 heavy (non-hydrogen) atoms. The summed E-state index contributed by atoms with van der Waals surface area (Å²) >= 11 is 0. The third-order valence-corrected chi connectivity index (χ3v) is 13.6. The molecule has 124 valence electrons. The van der Waals surface area contributed by atoms with E-state index in [1.54, 1.807) is 0 Å². The molecule has 0 bridgehead atoms. The largest absolute Gasteiger partial charge is 0.413 e. The van der Waals surface area contributed by atoms with Crippen LogP contribution in [0, 0.1) is 0 Å². The van der Waals surface area contributed by atoms with Gasteiger partial charge in [0, 0.05) is 0 Å². The van der Waals surface area contributed by atoms with E-state index < -0.39 is 16.4 Å². The molecule has 1 aromatic carbocycles. The molecule has 0 amide bonds. The van der Waals surface area contributed by atoms with Crippen molar-refractivity contribution in [1.82, 2.24) is 0 Å². The molecule has 1 atom stereocenters. The minimum absolute atomic E-state index is 0.237. The zero-order valence-corrected chi connectivity index (χ0v) is 17.9. The Morgan fingerprint density at radius 3 is 1.95 bits per heavy atom. The Labute approximate surface area is 139 Å². The summed E-state index contributed by atoms with van der Waals surface area (Å²) in [6, 6.07) is 10.9. The maximum Gasteiger partial charge on any atom is 0.192 e. The lowest BCUT2D eigenvalue weighted by Gasteiger charge is -2.44. The van der Waals surface area contributed by atoms with Gasteiger partial charge in [0.25, 0.3) is 0 Å². The molecule has 0 radical (unpaired) electrons. The molecule has 0 aliphatic heterocycles. The molecule has 1 rings (SSSR count). The number of rotatable bonds is 5. The van der Waals surface area contributed by atoms with E-state index in [4.69, 9.17) is 4.43 Å². The topological polar surface area (TPSA) is 9.23 Å². The third kappa shape index (κ3) is 4.21. The van der Waals surface area contributed by atoms with Gasteiger partial charge in [0.05, 0.1) is 5.73 Å². The summed E-state index contributed by atoms with van der Waals surface area (Å²) < 4.78 is 6.91. The molecule has 1 nitrogen and oxygen atoms in total. The zero-order chi connectivity index (χ0) is 17.2. The molecule has 0 aromatic heterocycles. The highest BCUT2D eigenvalue weighted by Crippen LogP contribution is 2.39. The molecule has 0 aliphatic carbocycles. The number of benzene rings is 1. The van der Waals surface area contributed by atoms with Crippen molar-refractivity contribution >= 4 is 21.6 Å². The Kier molecular flexibility index (Phi) is 6.04. The Hall–Kier alpha value is -0.646. The molecule has 0 spiro atoms.